The fourth-order valence-corrected chi connectivity index (χ4v) is 3.39. The summed E-state index contributed by atoms with van der Waals surface area (Å²) in [5.74, 6) is 1.54. The van der Waals surface area contributed by atoms with Crippen molar-refractivity contribution in [1.82, 2.24) is 9.97 Å². The second-order valence-electron chi connectivity index (χ2n) is 7.12. The number of imidazole rings is 1. The maximum absolute atomic E-state index is 11.1. The summed E-state index contributed by atoms with van der Waals surface area (Å²) < 4.78 is 5.91. The zero-order valence-corrected chi connectivity index (χ0v) is 16.7. The molecule has 0 spiro atoms. The van der Waals surface area contributed by atoms with Crippen LogP contribution >= 0.6 is 0 Å². The van der Waals surface area contributed by atoms with Gasteiger partial charge in [0.25, 0.3) is 5.69 Å². The Balaban J connectivity index is 1.71. The summed E-state index contributed by atoms with van der Waals surface area (Å²) >= 11 is 0. The lowest BCUT2D eigenvalue weighted by Crippen LogP contribution is -1.95. The van der Waals surface area contributed by atoms with Crippen LogP contribution in [0.5, 0.6) is 0 Å². The predicted octanol–water partition coefficient (Wildman–Crippen LogP) is 5.72. The first-order valence-corrected chi connectivity index (χ1v) is 9.30. The van der Waals surface area contributed by atoms with Crippen molar-refractivity contribution in [3.8, 4) is 17.4 Å². The topological polar surface area (TPSA) is 109 Å². The van der Waals surface area contributed by atoms with Gasteiger partial charge in [0.15, 0.2) is 0 Å². The number of nitro benzene ring substituents is 1. The van der Waals surface area contributed by atoms with Gasteiger partial charge in [0.2, 0.25) is 0 Å². The number of H-pyrrole nitrogens is 1. The molecule has 4 rings (SSSR count). The van der Waals surface area contributed by atoms with Crippen LogP contribution in [-0.2, 0) is 0 Å². The van der Waals surface area contributed by atoms with E-state index in [9.17, 15) is 15.4 Å². The normalized spacial score (nSPS) is 11.6. The number of aromatic nitrogens is 2. The minimum Gasteiger partial charge on any atom is -0.457 e. The maximum Gasteiger partial charge on any atom is 0.272 e. The van der Waals surface area contributed by atoms with Gasteiger partial charge in [-0.1, -0.05) is 6.07 Å². The fourth-order valence-electron chi connectivity index (χ4n) is 3.39. The van der Waals surface area contributed by atoms with Crippen LogP contribution in [0.15, 0.2) is 46.9 Å². The number of hydrogen-bond donors (Lipinski definition) is 1. The fraction of sp³-hybridized carbons (Fsp3) is 0.130. The minimum atomic E-state index is -0.392. The van der Waals surface area contributed by atoms with Crippen molar-refractivity contribution in [2.45, 2.75) is 20.8 Å². The highest BCUT2D eigenvalue weighted by Gasteiger charge is 2.17. The third kappa shape index (κ3) is 3.35. The highest BCUT2D eigenvalue weighted by Crippen LogP contribution is 2.32. The summed E-state index contributed by atoms with van der Waals surface area (Å²) in [5, 5.41) is 20.8. The first-order chi connectivity index (χ1) is 14.4. The van der Waals surface area contributed by atoms with Crippen molar-refractivity contribution in [2.24, 2.45) is 0 Å². The number of fused-ring (bicyclic) bond motifs is 1. The van der Waals surface area contributed by atoms with Crippen molar-refractivity contribution < 1.29 is 9.34 Å². The molecular formula is C23H18N4O3. The number of nitrogens with one attached hydrogen (secondary N) is 1. The van der Waals surface area contributed by atoms with E-state index in [-0.39, 0.29) is 5.69 Å². The van der Waals surface area contributed by atoms with E-state index in [2.05, 4.69) is 16.0 Å². The van der Waals surface area contributed by atoms with Gasteiger partial charge in [0.05, 0.1) is 21.5 Å². The molecule has 2 aromatic heterocycles. The molecule has 0 bridgehead atoms. The monoisotopic (exact) mass is 398 g/mol. The first-order valence-electron chi connectivity index (χ1n) is 9.30. The van der Waals surface area contributed by atoms with E-state index < -0.39 is 4.92 Å². The molecule has 30 heavy (non-hydrogen) atoms. The van der Waals surface area contributed by atoms with E-state index in [1.54, 1.807) is 31.2 Å². The van der Waals surface area contributed by atoms with Crippen LogP contribution in [0.25, 0.3) is 34.0 Å². The number of rotatable bonds is 4. The largest absolute Gasteiger partial charge is 0.457 e. The Morgan fingerprint density at radius 2 is 1.97 bits per heavy atom. The number of nitriles is 1. The van der Waals surface area contributed by atoms with Gasteiger partial charge >= 0.3 is 0 Å². The van der Waals surface area contributed by atoms with Crippen LogP contribution in [0.1, 0.15) is 28.3 Å². The highest BCUT2D eigenvalue weighted by molar-refractivity contribution is 5.90. The second-order valence-corrected chi connectivity index (χ2v) is 7.12. The van der Waals surface area contributed by atoms with E-state index in [0.717, 1.165) is 27.7 Å². The molecule has 0 aliphatic rings. The van der Waals surface area contributed by atoms with Crippen molar-refractivity contribution in [1.29, 1.82) is 5.26 Å². The Hall–Kier alpha value is -4.18. The number of nitro groups is 1. The average molecular weight is 398 g/mol. The summed E-state index contributed by atoms with van der Waals surface area (Å²) in [5.41, 5.74) is 5.33. The van der Waals surface area contributed by atoms with Crippen molar-refractivity contribution in [3.05, 3.63) is 80.9 Å². The lowest BCUT2D eigenvalue weighted by atomic mass is 10.00. The molecule has 7 nitrogen and oxygen atoms in total. The first kappa shape index (κ1) is 19.2. The molecule has 4 aromatic rings. The van der Waals surface area contributed by atoms with Crippen LogP contribution in [0.4, 0.5) is 5.69 Å². The molecule has 7 heteroatoms. The Kier molecular flexibility index (Phi) is 4.68. The van der Waals surface area contributed by atoms with Crippen LogP contribution in [0.2, 0.25) is 0 Å². The van der Waals surface area contributed by atoms with Crippen molar-refractivity contribution in [3.63, 3.8) is 0 Å². The Bertz CT molecular complexity index is 1370. The van der Waals surface area contributed by atoms with E-state index in [4.69, 9.17) is 4.42 Å². The van der Waals surface area contributed by atoms with Crippen molar-refractivity contribution >= 4 is 28.4 Å². The molecule has 0 fully saturated rings. The molecule has 0 saturated heterocycles. The molecule has 0 radical (unpaired) electrons. The van der Waals surface area contributed by atoms with E-state index in [0.29, 0.717) is 28.5 Å². The number of hydrogen-bond acceptors (Lipinski definition) is 5. The Morgan fingerprint density at radius 3 is 2.70 bits per heavy atom. The number of benzene rings is 2. The Morgan fingerprint density at radius 1 is 1.17 bits per heavy atom. The third-order valence-electron chi connectivity index (χ3n) is 5.15. The van der Waals surface area contributed by atoms with E-state index in [1.165, 1.54) is 6.07 Å². The minimum absolute atomic E-state index is 0.0785. The average Bonchev–Trinajstić information content (AvgIpc) is 3.34. The zero-order valence-electron chi connectivity index (χ0n) is 16.7. The van der Waals surface area contributed by atoms with Gasteiger partial charge in [-0.15, -0.1) is 0 Å². The van der Waals surface area contributed by atoms with Gasteiger partial charge in [-0.25, -0.2) is 4.98 Å². The second kappa shape index (κ2) is 7.33. The molecule has 0 amide bonds. The van der Waals surface area contributed by atoms with Crippen molar-refractivity contribution in [2.75, 3.05) is 0 Å². The van der Waals surface area contributed by atoms with Crippen LogP contribution in [0, 0.1) is 42.2 Å². The number of nitrogens with zero attached hydrogens (tertiary/aromatic N) is 3. The number of aromatic amines is 1. The Labute approximate surface area is 172 Å². The SMILES string of the molecule is Cc1ccc2nc(/C(C#N)=C\c3ccc(-c4ccc([N+](=O)[O-])c(C)c4C)o3)[nH]c2c1. The summed E-state index contributed by atoms with van der Waals surface area (Å²) in [4.78, 5) is 18.4. The molecule has 1 N–H and O–H groups in total. The molecular weight excluding hydrogens is 380 g/mol. The number of allylic oxidation sites excluding steroid dienone is 1. The summed E-state index contributed by atoms with van der Waals surface area (Å²) in [7, 11) is 0. The maximum atomic E-state index is 11.1. The van der Waals surface area contributed by atoms with Gasteiger partial charge in [-0.2, -0.15) is 5.26 Å². The lowest BCUT2D eigenvalue weighted by Gasteiger charge is -2.06. The van der Waals surface area contributed by atoms with Gasteiger partial charge in [0, 0.05) is 23.3 Å². The number of furan rings is 1. The summed E-state index contributed by atoms with van der Waals surface area (Å²) in [6, 6.07) is 14.7. The summed E-state index contributed by atoms with van der Waals surface area (Å²) in [6.07, 6.45) is 1.63. The molecule has 0 atom stereocenters. The van der Waals surface area contributed by atoms with Crippen LogP contribution < -0.4 is 0 Å². The van der Waals surface area contributed by atoms with Crippen LogP contribution in [0.3, 0.4) is 0 Å². The highest BCUT2D eigenvalue weighted by atomic mass is 16.6. The van der Waals surface area contributed by atoms with Gasteiger partial charge in [0.1, 0.15) is 23.4 Å². The molecule has 2 aromatic carbocycles. The molecule has 0 aliphatic carbocycles. The predicted molar refractivity (Wildman–Crippen MR) is 115 cm³/mol. The standard InChI is InChI=1S/C23H18N4O3/c1-13-4-7-19-20(10-13)26-23(25-19)16(12-24)11-17-5-9-22(30-17)18-6-8-21(27(28)29)15(3)14(18)2/h4-11H,1-3H3,(H,25,26)/b16-11-. The van der Waals surface area contributed by atoms with Crippen LogP contribution in [-0.4, -0.2) is 14.9 Å². The molecule has 148 valence electrons. The number of aryl methyl sites for hydroxylation is 1. The zero-order chi connectivity index (χ0) is 21.4. The quantitative estimate of drug-likeness (QED) is 0.269. The molecule has 0 unspecified atom stereocenters. The molecule has 0 saturated carbocycles. The third-order valence-corrected chi connectivity index (χ3v) is 5.15. The van der Waals surface area contributed by atoms with Gasteiger partial charge < -0.3 is 9.40 Å². The van der Waals surface area contributed by atoms with E-state index >= 15 is 0 Å². The summed E-state index contributed by atoms with van der Waals surface area (Å²) in [6.45, 7) is 5.54. The van der Waals surface area contributed by atoms with Gasteiger partial charge in [-0.3, -0.25) is 10.1 Å². The molecule has 0 aliphatic heterocycles. The lowest BCUT2D eigenvalue weighted by molar-refractivity contribution is -0.385. The van der Waals surface area contributed by atoms with E-state index in [1.807, 2.05) is 32.0 Å². The molecule has 2 heterocycles. The smallest absolute Gasteiger partial charge is 0.272 e. The van der Waals surface area contributed by atoms with Gasteiger partial charge in [-0.05, 0) is 62.2 Å².